The second kappa shape index (κ2) is 3.95. The van der Waals surface area contributed by atoms with E-state index in [4.69, 9.17) is 4.74 Å². The summed E-state index contributed by atoms with van der Waals surface area (Å²) in [6.45, 7) is 9.48. The average Bonchev–Trinajstić information content (AvgIpc) is 1.93. The molecule has 0 radical (unpaired) electrons. The second-order valence-corrected chi connectivity index (χ2v) is 5.04. The van der Waals surface area contributed by atoms with Gasteiger partial charge in [-0.25, -0.2) is 0 Å². The minimum absolute atomic E-state index is 0.333. The van der Waals surface area contributed by atoms with E-state index in [2.05, 4.69) is 12.2 Å². The number of nitrogens with one attached hydrogen (secondary N) is 1. The van der Waals surface area contributed by atoms with E-state index >= 15 is 0 Å². The van der Waals surface area contributed by atoms with Crippen molar-refractivity contribution in [3.05, 3.63) is 0 Å². The van der Waals surface area contributed by atoms with Crippen molar-refractivity contribution in [3.63, 3.8) is 0 Å². The van der Waals surface area contributed by atoms with Crippen molar-refractivity contribution >= 4 is 0 Å². The molecule has 0 aromatic carbocycles. The Balaban J connectivity index is 2.01. The fourth-order valence-electron chi connectivity index (χ4n) is 1.34. The monoisotopic (exact) mass is 187 g/mol. The van der Waals surface area contributed by atoms with Gasteiger partial charge in [-0.15, -0.1) is 0 Å². The van der Waals surface area contributed by atoms with Crippen molar-refractivity contribution in [1.29, 1.82) is 0 Å². The quantitative estimate of drug-likeness (QED) is 0.625. The van der Waals surface area contributed by atoms with Gasteiger partial charge in [-0.3, -0.25) is 0 Å². The van der Waals surface area contributed by atoms with Crippen LogP contribution in [0.4, 0.5) is 0 Å². The van der Waals surface area contributed by atoms with Gasteiger partial charge in [0, 0.05) is 12.0 Å². The molecular weight excluding hydrogens is 166 g/mol. The maximum atomic E-state index is 9.45. The SMILES string of the molecule is CC(C)(O)CCNCC1(C)COC1. The summed E-state index contributed by atoms with van der Waals surface area (Å²) in [6, 6.07) is 0. The Hall–Kier alpha value is -0.120. The molecule has 0 atom stereocenters. The molecule has 0 bridgehead atoms. The molecule has 13 heavy (non-hydrogen) atoms. The number of hydrogen-bond donors (Lipinski definition) is 2. The summed E-state index contributed by atoms with van der Waals surface area (Å²) >= 11 is 0. The molecule has 3 heteroatoms. The molecule has 2 N–H and O–H groups in total. The number of aliphatic hydroxyl groups is 1. The summed E-state index contributed by atoms with van der Waals surface area (Å²) in [6.07, 6.45) is 0.796. The van der Waals surface area contributed by atoms with E-state index in [9.17, 15) is 5.11 Å². The molecule has 3 nitrogen and oxygen atoms in total. The Labute approximate surface area is 80.5 Å². The highest BCUT2D eigenvalue weighted by atomic mass is 16.5. The summed E-state index contributed by atoms with van der Waals surface area (Å²) in [7, 11) is 0. The van der Waals surface area contributed by atoms with E-state index in [0.717, 1.165) is 32.7 Å². The fraction of sp³-hybridized carbons (Fsp3) is 1.00. The van der Waals surface area contributed by atoms with Crippen molar-refractivity contribution in [2.24, 2.45) is 5.41 Å². The Morgan fingerprint density at radius 1 is 1.46 bits per heavy atom. The van der Waals surface area contributed by atoms with Crippen LogP contribution in [0.15, 0.2) is 0 Å². The van der Waals surface area contributed by atoms with Crippen molar-refractivity contribution in [2.75, 3.05) is 26.3 Å². The molecule has 1 aliphatic rings. The van der Waals surface area contributed by atoms with Crippen LogP contribution >= 0.6 is 0 Å². The standard InChI is InChI=1S/C10H21NO2/c1-9(2,12)4-5-11-6-10(3)7-13-8-10/h11-12H,4-8H2,1-3H3. The van der Waals surface area contributed by atoms with Crippen LogP contribution in [-0.4, -0.2) is 37.0 Å². The lowest BCUT2D eigenvalue weighted by Gasteiger charge is -2.38. The maximum absolute atomic E-state index is 9.45. The van der Waals surface area contributed by atoms with Gasteiger partial charge in [0.1, 0.15) is 0 Å². The molecule has 0 aromatic rings. The number of rotatable bonds is 5. The molecule has 0 aliphatic carbocycles. The van der Waals surface area contributed by atoms with Crippen molar-refractivity contribution in [1.82, 2.24) is 5.32 Å². The minimum atomic E-state index is -0.552. The molecule has 1 saturated heterocycles. The predicted octanol–water partition coefficient (Wildman–Crippen LogP) is 0.774. The van der Waals surface area contributed by atoms with Gasteiger partial charge in [-0.05, 0) is 26.8 Å². The minimum Gasteiger partial charge on any atom is -0.390 e. The van der Waals surface area contributed by atoms with Crippen molar-refractivity contribution in [2.45, 2.75) is 32.8 Å². The van der Waals surface area contributed by atoms with Crippen LogP contribution in [-0.2, 0) is 4.74 Å². The van der Waals surface area contributed by atoms with E-state index in [1.807, 2.05) is 13.8 Å². The molecule has 0 unspecified atom stereocenters. The Morgan fingerprint density at radius 3 is 2.46 bits per heavy atom. The third kappa shape index (κ3) is 4.07. The van der Waals surface area contributed by atoms with Crippen LogP contribution in [0.3, 0.4) is 0 Å². The third-order valence-corrected chi connectivity index (χ3v) is 2.37. The summed E-state index contributed by atoms with van der Waals surface area (Å²) in [5.74, 6) is 0. The third-order valence-electron chi connectivity index (χ3n) is 2.37. The molecule has 78 valence electrons. The van der Waals surface area contributed by atoms with E-state index in [-0.39, 0.29) is 0 Å². The van der Waals surface area contributed by atoms with Crippen LogP contribution in [0.25, 0.3) is 0 Å². The van der Waals surface area contributed by atoms with Gasteiger partial charge in [0.2, 0.25) is 0 Å². The van der Waals surface area contributed by atoms with Gasteiger partial charge in [0.05, 0.1) is 18.8 Å². The molecule has 1 fully saturated rings. The van der Waals surface area contributed by atoms with Gasteiger partial charge >= 0.3 is 0 Å². The summed E-state index contributed by atoms with van der Waals surface area (Å²) in [5.41, 5.74) is -0.219. The highest BCUT2D eigenvalue weighted by Crippen LogP contribution is 2.25. The zero-order chi connectivity index (χ0) is 9.95. The van der Waals surface area contributed by atoms with Gasteiger partial charge in [-0.2, -0.15) is 0 Å². The van der Waals surface area contributed by atoms with E-state index in [1.54, 1.807) is 0 Å². The van der Waals surface area contributed by atoms with E-state index in [1.165, 1.54) is 0 Å². The number of ether oxygens (including phenoxy) is 1. The Kier molecular flexibility index (Phi) is 3.33. The first-order valence-corrected chi connectivity index (χ1v) is 4.92. The molecule has 1 aliphatic heterocycles. The summed E-state index contributed by atoms with van der Waals surface area (Å²) in [5, 5.41) is 12.8. The molecule has 1 heterocycles. The van der Waals surface area contributed by atoms with Crippen LogP contribution < -0.4 is 5.32 Å². The first kappa shape index (κ1) is 11.0. The highest BCUT2D eigenvalue weighted by Gasteiger charge is 2.32. The zero-order valence-electron chi connectivity index (χ0n) is 8.89. The van der Waals surface area contributed by atoms with Crippen LogP contribution in [0.1, 0.15) is 27.2 Å². The Morgan fingerprint density at radius 2 is 2.08 bits per heavy atom. The van der Waals surface area contributed by atoms with Crippen molar-refractivity contribution < 1.29 is 9.84 Å². The number of hydrogen-bond acceptors (Lipinski definition) is 3. The average molecular weight is 187 g/mol. The Bertz CT molecular complexity index is 159. The maximum Gasteiger partial charge on any atom is 0.0603 e. The predicted molar refractivity (Wildman–Crippen MR) is 52.7 cm³/mol. The van der Waals surface area contributed by atoms with Gasteiger partial charge in [0.25, 0.3) is 0 Å². The molecule has 1 rings (SSSR count). The first-order valence-electron chi connectivity index (χ1n) is 4.92. The van der Waals surface area contributed by atoms with Crippen LogP contribution in [0, 0.1) is 5.41 Å². The topological polar surface area (TPSA) is 41.5 Å². The van der Waals surface area contributed by atoms with Crippen molar-refractivity contribution in [3.8, 4) is 0 Å². The molecule has 0 amide bonds. The van der Waals surface area contributed by atoms with Gasteiger partial charge < -0.3 is 15.2 Å². The smallest absolute Gasteiger partial charge is 0.0603 e. The zero-order valence-corrected chi connectivity index (χ0v) is 8.89. The fourth-order valence-corrected chi connectivity index (χ4v) is 1.34. The first-order chi connectivity index (χ1) is 5.91. The van der Waals surface area contributed by atoms with Gasteiger partial charge in [0.15, 0.2) is 0 Å². The lowest BCUT2D eigenvalue weighted by molar-refractivity contribution is -0.0992. The molecule has 0 spiro atoms. The van der Waals surface area contributed by atoms with Gasteiger partial charge in [-0.1, -0.05) is 6.92 Å². The van der Waals surface area contributed by atoms with Crippen LogP contribution in [0.5, 0.6) is 0 Å². The normalized spacial score (nSPS) is 21.2. The summed E-state index contributed by atoms with van der Waals surface area (Å²) < 4.78 is 5.15. The largest absolute Gasteiger partial charge is 0.390 e. The lowest BCUT2D eigenvalue weighted by atomic mass is 9.88. The lowest BCUT2D eigenvalue weighted by Crippen LogP contribution is -2.47. The second-order valence-electron chi connectivity index (χ2n) is 5.04. The molecule has 0 saturated carbocycles. The van der Waals surface area contributed by atoms with E-state index in [0.29, 0.717) is 5.41 Å². The highest BCUT2D eigenvalue weighted by molar-refractivity contribution is 4.83. The van der Waals surface area contributed by atoms with E-state index < -0.39 is 5.60 Å². The molecule has 0 aromatic heterocycles. The summed E-state index contributed by atoms with van der Waals surface area (Å²) in [4.78, 5) is 0. The van der Waals surface area contributed by atoms with Crippen LogP contribution in [0.2, 0.25) is 0 Å². The molecular formula is C10H21NO2.